The van der Waals surface area contributed by atoms with Crippen molar-refractivity contribution in [2.75, 3.05) is 38.2 Å². The summed E-state index contributed by atoms with van der Waals surface area (Å²) < 4.78 is 0. The Bertz CT molecular complexity index is 474. The lowest BCUT2D eigenvalue weighted by Crippen LogP contribution is -2.32. The van der Waals surface area contributed by atoms with Crippen molar-refractivity contribution < 1.29 is 4.79 Å². The second-order valence-corrected chi connectivity index (χ2v) is 7.35. The Morgan fingerprint density at radius 2 is 1.95 bits per heavy atom. The van der Waals surface area contributed by atoms with Crippen LogP contribution >= 0.6 is 23.5 Å². The summed E-state index contributed by atoms with van der Waals surface area (Å²) in [4.78, 5) is 17.9. The van der Waals surface area contributed by atoms with Crippen LogP contribution in [-0.4, -0.2) is 53.9 Å². The van der Waals surface area contributed by atoms with Gasteiger partial charge in [-0.05, 0) is 50.0 Å². The summed E-state index contributed by atoms with van der Waals surface area (Å²) in [6.07, 6.45) is 3.13. The highest BCUT2D eigenvalue weighted by Crippen LogP contribution is 2.38. The SMILES string of the molecule is CCN(CC)CCCN1C(=O)CSC1c1ccc(SC)cc1. The molecule has 5 heteroatoms. The molecule has 0 radical (unpaired) electrons. The van der Waals surface area contributed by atoms with Crippen LogP contribution in [0.1, 0.15) is 31.2 Å². The minimum absolute atomic E-state index is 0.195. The van der Waals surface area contributed by atoms with Gasteiger partial charge in [0.2, 0.25) is 5.91 Å². The van der Waals surface area contributed by atoms with E-state index in [1.54, 1.807) is 23.5 Å². The highest BCUT2D eigenvalue weighted by atomic mass is 32.2. The monoisotopic (exact) mass is 338 g/mol. The molecule has 1 atom stereocenters. The predicted octanol–water partition coefficient (Wildman–Crippen LogP) is 3.71. The Labute approximate surface area is 142 Å². The van der Waals surface area contributed by atoms with E-state index in [0.29, 0.717) is 5.75 Å². The summed E-state index contributed by atoms with van der Waals surface area (Å²) in [6, 6.07) is 8.63. The molecule has 1 saturated heterocycles. The van der Waals surface area contributed by atoms with Crippen molar-refractivity contribution in [3.05, 3.63) is 29.8 Å². The van der Waals surface area contributed by atoms with Gasteiger partial charge in [-0.15, -0.1) is 23.5 Å². The predicted molar refractivity (Wildman–Crippen MR) is 97.5 cm³/mol. The van der Waals surface area contributed by atoms with E-state index in [4.69, 9.17) is 0 Å². The molecule has 0 aliphatic carbocycles. The van der Waals surface area contributed by atoms with Gasteiger partial charge in [-0.25, -0.2) is 0 Å². The molecule has 3 nitrogen and oxygen atoms in total. The number of benzene rings is 1. The van der Waals surface area contributed by atoms with Crippen molar-refractivity contribution in [2.45, 2.75) is 30.5 Å². The molecule has 1 fully saturated rings. The Hall–Kier alpha value is -0.650. The smallest absolute Gasteiger partial charge is 0.233 e. The van der Waals surface area contributed by atoms with Gasteiger partial charge in [0.05, 0.1) is 5.75 Å². The van der Waals surface area contributed by atoms with E-state index in [0.717, 1.165) is 32.6 Å². The molecule has 0 bridgehead atoms. The number of hydrogen-bond donors (Lipinski definition) is 0. The fourth-order valence-corrected chi connectivity index (χ4v) is 4.37. The van der Waals surface area contributed by atoms with E-state index in [-0.39, 0.29) is 11.3 Å². The third-order valence-electron chi connectivity index (χ3n) is 4.14. The summed E-state index contributed by atoms with van der Waals surface area (Å²) >= 11 is 3.50. The third-order valence-corrected chi connectivity index (χ3v) is 6.14. The number of amides is 1. The molecule has 1 aromatic carbocycles. The fourth-order valence-electron chi connectivity index (χ4n) is 2.75. The molecular formula is C17H26N2OS2. The second-order valence-electron chi connectivity index (χ2n) is 5.40. The van der Waals surface area contributed by atoms with Gasteiger partial charge in [0.25, 0.3) is 0 Å². The molecule has 1 amide bonds. The van der Waals surface area contributed by atoms with Crippen LogP contribution < -0.4 is 0 Å². The third kappa shape index (κ3) is 4.43. The van der Waals surface area contributed by atoms with Crippen LogP contribution in [0.25, 0.3) is 0 Å². The standard InChI is InChI=1S/C17H26N2OS2/c1-4-18(5-2)11-6-12-19-16(20)13-22-17(19)14-7-9-15(21-3)10-8-14/h7-10,17H,4-6,11-13H2,1-3H3. The molecule has 122 valence electrons. The zero-order chi connectivity index (χ0) is 15.9. The second kappa shape index (κ2) is 8.85. The minimum atomic E-state index is 0.195. The molecular weight excluding hydrogens is 312 g/mol. The van der Waals surface area contributed by atoms with Crippen molar-refractivity contribution in [2.24, 2.45) is 0 Å². The Morgan fingerprint density at radius 3 is 2.55 bits per heavy atom. The summed E-state index contributed by atoms with van der Waals surface area (Å²) in [5.74, 6) is 0.892. The number of rotatable bonds is 8. The van der Waals surface area contributed by atoms with Crippen molar-refractivity contribution >= 4 is 29.4 Å². The van der Waals surface area contributed by atoms with Crippen molar-refractivity contribution in [3.63, 3.8) is 0 Å². The maximum atomic E-state index is 12.2. The van der Waals surface area contributed by atoms with E-state index in [1.807, 2.05) is 0 Å². The van der Waals surface area contributed by atoms with Crippen LogP contribution in [-0.2, 0) is 4.79 Å². The van der Waals surface area contributed by atoms with Crippen molar-refractivity contribution in [1.29, 1.82) is 0 Å². The van der Waals surface area contributed by atoms with Crippen molar-refractivity contribution in [3.8, 4) is 0 Å². The lowest BCUT2D eigenvalue weighted by atomic mass is 10.2. The average molecular weight is 339 g/mol. The lowest BCUT2D eigenvalue weighted by molar-refractivity contribution is -0.128. The average Bonchev–Trinajstić information content (AvgIpc) is 2.92. The molecule has 22 heavy (non-hydrogen) atoms. The number of thioether (sulfide) groups is 2. The van der Waals surface area contributed by atoms with Gasteiger partial charge >= 0.3 is 0 Å². The van der Waals surface area contributed by atoms with E-state index in [2.05, 4.69) is 54.2 Å². The van der Waals surface area contributed by atoms with Crippen LogP contribution in [0.3, 0.4) is 0 Å². The van der Waals surface area contributed by atoms with Gasteiger partial charge in [-0.2, -0.15) is 0 Å². The van der Waals surface area contributed by atoms with E-state index in [1.165, 1.54) is 10.5 Å². The molecule has 1 unspecified atom stereocenters. The van der Waals surface area contributed by atoms with Crippen LogP contribution in [0.4, 0.5) is 0 Å². The number of hydrogen-bond acceptors (Lipinski definition) is 4. The highest BCUT2D eigenvalue weighted by Gasteiger charge is 2.32. The molecule has 0 aromatic heterocycles. The summed E-state index contributed by atoms with van der Waals surface area (Å²) in [5.41, 5.74) is 1.25. The molecule has 1 heterocycles. The molecule has 0 saturated carbocycles. The van der Waals surface area contributed by atoms with E-state index >= 15 is 0 Å². The topological polar surface area (TPSA) is 23.6 Å². The highest BCUT2D eigenvalue weighted by molar-refractivity contribution is 8.00. The zero-order valence-electron chi connectivity index (χ0n) is 13.7. The van der Waals surface area contributed by atoms with E-state index < -0.39 is 0 Å². The Morgan fingerprint density at radius 1 is 1.27 bits per heavy atom. The maximum Gasteiger partial charge on any atom is 0.233 e. The number of carbonyl (C=O) groups excluding carboxylic acids is 1. The Balaban J connectivity index is 1.96. The molecule has 1 aliphatic heterocycles. The first-order valence-electron chi connectivity index (χ1n) is 7.97. The van der Waals surface area contributed by atoms with Gasteiger partial charge in [-0.3, -0.25) is 4.79 Å². The summed E-state index contributed by atoms with van der Waals surface area (Å²) in [7, 11) is 0. The molecule has 1 aliphatic rings. The van der Waals surface area contributed by atoms with Crippen LogP contribution in [0.2, 0.25) is 0 Å². The van der Waals surface area contributed by atoms with Gasteiger partial charge in [0, 0.05) is 11.4 Å². The molecule has 0 N–H and O–H groups in total. The minimum Gasteiger partial charge on any atom is -0.326 e. The number of carbonyl (C=O) groups is 1. The fraction of sp³-hybridized carbons (Fsp3) is 0.588. The van der Waals surface area contributed by atoms with Gasteiger partial charge in [0.15, 0.2) is 0 Å². The molecule has 1 aromatic rings. The maximum absolute atomic E-state index is 12.2. The van der Waals surface area contributed by atoms with Crippen molar-refractivity contribution in [1.82, 2.24) is 9.80 Å². The first-order valence-corrected chi connectivity index (χ1v) is 10.2. The summed E-state index contributed by atoms with van der Waals surface area (Å²) in [5, 5.41) is 0.195. The zero-order valence-corrected chi connectivity index (χ0v) is 15.4. The first-order chi connectivity index (χ1) is 10.7. The van der Waals surface area contributed by atoms with Crippen LogP contribution in [0.15, 0.2) is 29.2 Å². The van der Waals surface area contributed by atoms with Crippen LogP contribution in [0.5, 0.6) is 0 Å². The first kappa shape index (κ1) is 17.7. The summed E-state index contributed by atoms with van der Waals surface area (Å²) in [6.45, 7) is 8.47. The van der Waals surface area contributed by atoms with Gasteiger partial charge in [0.1, 0.15) is 5.37 Å². The molecule has 0 spiro atoms. The lowest BCUT2D eigenvalue weighted by Gasteiger charge is -2.26. The molecule has 2 rings (SSSR count). The Kier molecular flexibility index (Phi) is 7.12. The van der Waals surface area contributed by atoms with Crippen LogP contribution in [0, 0.1) is 0 Å². The largest absolute Gasteiger partial charge is 0.326 e. The quantitative estimate of drug-likeness (QED) is 0.674. The normalized spacial score (nSPS) is 18.5. The number of nitrogens with zero attached hydrogens (tertiary/aromatic N) is 2. The van der Waals surface area contributed by atoms with E-state index in [9.17, 15) is 4.79 Å². The van der Waals surface area contributed by atoms with Gasteiger partial charge in [-0.1, -0.05) is 26.0 Å². The van der Waals surface area contributed by atoms with Gasteiger partial charge < -0.3 is 9.80 Å².